The van der Waals surface area contributed by atoms with Crippen molar-refractivity contribution in [3.05, 3.63) is 0 Å². The third-order valence-corrected chi connectivity index (χ3v) is 1.84. The van der Waals surface area contributed by atoms with Gasteiger partial charge in [-0.3, -0.25) is 19.2 Å². The van der Waals surface area contributed by atoms with Gasteiger partial charge in [0.15, 0.2) is 0 Å². The number of ether oxygens (including phenoxy) is 1. The lowest BCUT2D eigenvalue weighted by Gasteiger charge is -2.12. The van der Waals surface area contributed by atoms with Gasteiger partial charge in [0.2, 0.25) is 0 Å². The highest BCUT2D eigenvalue weighted by molar-refractivity contribution is 6.00. The molecular formula is C9H13NO5. The number of imide groups is 1. The van der Waals surface area contributed by atoms with Crippen molar-refractivity contribution in [2.75, 3.05) is 13.2 Å². The Morgan fingerprint density at radius 2 is 1.93 bits per heavy atom. The Hall–Kier alpha value is -1.43. The molecule has 6 heteroatoms. The summed E-state index contributed by atoms with van der Waals surface area (Å²) in [6, 6.07) is 0. The second-order valence-electron chi connectivity index (χ2n) is 2.97. The Morgan fingerprint density at radius 1 is 1.33 bits per heavy atom. The van der Waals surface area contributed by atoms with Crippen LogP contribution in [0.1, 0.15) is 26.2 Å². The number of esters is 1. The van der Waals surface area contributed by atoms with Crippen molar-refractivity contribution < 1.29 is 24.0 Å². The molecule has 1 aliphatic heterocycles. The highest BCUT2D eigenvalue weighted by atomic mass is 16.7. The fourth-order valence-corrected chi connectivity index (χ4v) is 1.15. The summed E-state index contributed by atoms with van der Waals surface area (Å²) >= 11 is 0. The number of carbonyl (C=O) groups excluding carboxylic acids is 3. The van der Waals surface area contributed by atoms with E-state index >= 15 is 0 Å². The van der Waals surface area contributed by atoms with Gasteiger partial charge in [-0.05, 0) is 6.92 Å². The summed E-state index contributed by atoms with van der Waals surface area (Å²) in [6.07, 6.45) is 0.390. The van der Waals surface area contributed by atoms with E-state index < -0.39 is 5.97 Å². The molecule has 2 amide bonds. The summed E-state index contributed by atoms with van der Waals surface area (Å²) in [5, 5.41) is 0.721. The molecule has 0 aromatic carbocycles. The molecule has 0 spiro atoms. The quantitative estimate of drug-likeness (QED) is 0.477. The van der Waals surface area contributed by atoms with E-state index in [9.17, 15) is 14.4 Å². The molecule has 1 heterocycles. The summed E-state index contributed by atoms with van der Waals surface area (Å²) in [5.41, 5.74) is 0. The minimum atomic E-state index is -0.406. The first-order valence-electron chi connectivity index (χ1n) is 4.79. The first kappa shape index (κ1) is 11.6. The standard InChI is InChI=1S/C9H13NO5/c1-2-14-9(13)5-6-15-10-7(11)3-4-8(10)12/h2-6H2,1H3. The number of hydrogen-bond acceptors (Lipinski definition) is 5. The predicted octanol–water partition coefficient (Wildman–Crippen LogP) is 0.0202. The maximum Gasteiger partial charge on any atom is 0.308 e. The van der Waals surface area contributed by atoms with E-state index in [1.165, 1.54) is 0 Å². The van der Waals surface area contributed by atoms with Crippen LogP contribution in [0.4, 0.5) is 0 Å². The van der Waals surface area contributed by atoms with Crippen molar-refractivity contribution in [2.45, 2.75) is 26.2 Å². The lowest BCUT2D eigenvalue weighted by atomic mass is 10.4. The Bertz CT molecular complexity index is 260. The summed E-state index contributed by atoms with van der Waals surface area (Å²) in [7, 11) is 0. The summed E-state index contributed by atoms with van der Waals surface area (Å²) in [6.45, 7) is 1.99. The van der Waals surface area contributed by atoms with Crippen molar-refractivity contribution in [3.63, 3.8) is 0 Å². The van der Waals surface area contributed by atoms with Gasteiger partial charge in [-0.15, -0.1) is 0 Å². The third-order valence-electron chi connectivity index (χ3n) is 1.84. The molecule has 84 valence electrons. The smallest absolute Gasteiger partial charge is 0.308 e. The van der Waals surface area contributed by atoms with Crippen LogP contribution in [-0.4, -0.2) is 36.1 Å². The molecule has 1 fully saturated rings. The Balaban J connectivity index is 2.22. The lowest BCUT2D eigenvalue weighted by molar-refractivity contribution is -0.189. The summed E-state index contributed by atoms with van der Waals surface area (Å²) < 4.78 is 4.65. The molecule has 0 aromatic rings. The third kappa shape index (κ3) is 3.32. The molecule has 0 aliphatic carbocycles. The second kappa shape index (κ2) is 5.45. The van der Waals surface area contributed by atoms with Crippen LogP contribution >= 0.6 is 0 Å². The Labute approximate surface area is 87.1 Å². The van der Waals surface area contributed by atoms with Crippen LogP contribution in [0.2, 0.25) is 0 Å². The molecule has 1 rings (SSSR count). The highest BCUT2D eigenvalue weighted by Crippen LogP contribution is 2.11. The van der Waals surface area contributed by atoms with E-state index in [1.54, 1.807) is 6.92 Å². The van der Waals surface area contributed by atoms with Crippen LogP contribution < -0.4 is 0 Å². The lowest BCUT2D eigenvalue weighted by Crippen LogP contribution is -2.30. The van der Waals surface area contributed by atoms with Gasteiger partial charge in [-0.1, -0.05) is 0 Å². The number of amides is 2. The average Bonchev–Trinajstić information content (AvgIpc) is 2.49. The van der Waals surface area contributed by atoms with E-state index in [-0.39, 0.29) is 37.7 Å². The van der Waals surface area contributed by atoms with Crippen molar-refractivity contribution in [3.8, 4) is 0 Å². The van der Waals surface area contributed by atoms with Gasteiger partial charge in [0.1, 0.15) is 0 Å². The van der Waals surface area contributed by atoms with Crippen LogP contribution in [0, 0.1) is 0 Å². The molecule has 0 N–H and O–H groups in total. The molecule has 1 saturated heterocycles. The van der Waals surface area contributed by atoms with E-state index in [0.29, 0.717) is 6.61 Å². The first-order valence-corrected chi connectivity index (χ1v) is 4.79. The molecule has 0 bridgehead atoms. The van der Waals surface area contributed by atoms with Gasteiger partial charge in [0.25, 0.3) is 11.8 Å². The van der Waals surface area contributed by atoms with Crippen molar-refractivity contribution in [1.29, 1.82) is 0 Å². The van der Waals surface area contributed by atoms with Crippen LogP contribution in [0.5, 0.6) is 0 Å². The van der Waals surface area contributed by atoms with Crippen molar-refractivity contribution >= 4 is 17.8 Å². The van der Waals surface area contributed by atoms with Crippen molar-refractivity contribution in [1.82, 2.24) is 5.06 Å². The van der Waals surface area contributed by atoms with Gasteiger partial charge in [-0.25, -0.2) is 0 Å². The van der Waals surface area contributed by atoms with Gasteiger partial charge in [0, 0.05) is 12.8 Å². The van der Waals surface area contributed by atoms with Crippen LogP contribution in [0.3, 0.4) is 0 Å². The fourth-order valence-electron chi connectivity index (χ4n) is 1.15. The van der Waals surface area contributed by atoms with Crippen molar-refractivity contribution in [2.24, 2.45) is 0 Å². The molecule has 1 aliphatic rings. The zero-order chi connectivity index (χ0) is 11.3. The molecule has 0 radical (unpaired) electrons. The number of rotatable bonds is 5. The molecule has 6 nitrogen and oxygen atoms in total. The van der Waals surface area contributed by atoms with Crippen LogP contribution in [0.15, 0.2) is 0 Å². The van der Waals surface area contributed by atoms with E-state index in [0.717, 1.165) is 5.06 Å². The maximum absolute atomic E-state index is 11.1. The minimum absolute atomic E-state index is 0.0175. The first-order chi connectivity index (χ1) is 7.15. The van der Waals surface area contributed by atoms with Crippen LogP contribution in [0.25, 0.3) is 0 Å². The topological polar surface area (TPSA) is 72.9 Å². The van der Waals surface area contributed by atoms with Gasteiger partial charge < -0.3 is 4.74 Å². The SMILES string of the molecule is CCOC(=O)CCON1C(=O)CCC1=O. The molecule has 0 saturated carbocycles. The molecule has 0 atom stereocenters. The van der Waals surface area contributed by atoms with Gasteiger partial charge >= 0.3 is 5.97 Å². The Kier molecular flexibility index (Phi) is 4.23. The molecule has 0 aromatic heterocycles. The van der Waals surface area contributed by atoms with E-state index in [4.69, 9.17) is 4.84 Å². The molecule has 0 unspecified atom stereocenters. The highest BCUT2D eigenvalue weighted by Gasteiger charge is 2.30. The van der Waals surface area contributed by atoms with Gasteiger partial charge in [0.05, 0.1) is 19.6 Å². The summed E-state index contributed by atoms with van der Waals surface area (Å²) in [5.74, 6) is -1.12. The fraction of sp³-hybridized carbons (Fsp3) is 0.667. The predicted molar refractivity (Wildman–Crippen MR) is 48.3 cm³/mol. The monoisotopic (exact) mass is 215 g/mol. The maximum atomic E-state index is 11.1. The number of hydrogen-bond donors (Lipinski definition) is 0. The average molecular weight is 215 g/mol. The zero-order valence-electron chi connectivity index (χ0n) is 8.52. The van der Waals surface area contributed by atoms with Gasteiger partial charge in [-0.2, -0.15) is 5.06 Å². The van der Waals surface area contributed by atoms with E-state index in [2.05, 4.69) is 4.74 Å². The minimum Gasteiger partial charge on any atom is -0.466 e. The number of nitrogens with zero attached hydrogens (tertiary/aromatic N) is 1. The second-order valence-corrected chi connectivity index (χ2v) is 2.97. The normalized spacial score (nSPS) is 15.9. The Morgan fingerprint density at radius 3 is 2.47 bits per heavy atom. The summed E-state index contributed by atoms with van der Waals surface area (Å²) in [4.78, 5) is 37.9. The number of carbonyl (C=O) groups is 3. The number of hydroxylamine groups is 2. The molecular weight excluding hydrogens is 202 g/mol. The zero-order valence-corrected chi connectivity index (χ0v) is 8.52. The van der Waals surface area contributed by atoms with E-state index in [1.807, 2.05) is 0 Å². The van der Waals surface area contributed by atoms with Crippen LogP contribution in [-0.2, 0) is 24.0 Å². The largest absolute Gasteiger partial charge is 0.466 e. The molecule has 15 heavy (non-hydrogen) atoms.